The lowest BCUT2D eigenvalue weighted by Gasteiger charge is -2.26. The minimum atomic E-state index is -0.0895. The highest BCUT2D eigenvalue weighted by Crippen LogP contribution is 2.30. The van der Waals surface area contributed by atoms with Crippen LogP contribution in [0.4, 0.5) is 5.69 Å². The number of anilines is 1. The Morgan fingerprint density at radius 2 is 2.09 bits per heavy atom. The molecule has 1 aliphatic rings. The van der Waals surface area contributed by atoms with Crippen LogP contribution in [0, 0.1) is 0 Å². The summed E-state index contributed by atoms with van der Waals surface area (Å²) in [5.74, 6) is 0.305. The van der Waals surface area contributed by atoms with Crippen LogP contribution in [0.2, 0.25) is 5.02 Å². The fourth-order valence-corrected chi connectivity index (χ4v) is 2.81. The second-order valence-electron chi connectivity index (χ2n) is 5.39. The van der Waals surface area contributed by atoms with Crippen molar-refractivity contribution in [1.29, 1.82) is 0 Å². The molecular weight excluding hydrogens is 304 g/mol. The highest BCUT2D eigenvalue weighted by atomic mass is 35.5. The van der Waals surface area contributed by atoms with E-state index in [1.807, 2.05) is 0 Å². The SMILES string of the molecule is COc1cc(NC(=O)CCN2CCCCC2)c(Cl)cc1C=O. The summed E-state index contributed by atoms with van der Waals surface area (Å²) in [5, 5.41) is 3.11. The Labute approximate surface area is 135 Å². The zero-order chi connectivity index (χ0) is 15.9. The van der Waals surface area contributed by atoms with Crippen molar-refractivity contribution in [3.8, 4) is 5.75 Å². The first-order valence-corrected chi connectivity index (χ1v) is 7.86. The molecule has 1 fully saturated rings. The molecule has 0 radical (unpaired) electrons. The number of likely N-dealkylation sites (tertiary alicyclic amines) is 1. The van der Waals surface area contributed by atoms with Crippen molar-refractivity contribution in [3.05, 3.63) is 22.7 Å². The van der Waals surface area contributed by atoms with Crippen LogP contribution in [-0.2, 0) is 4.79 Å². The average molecular weight is 325 g/mol. The Bertz CT molecular complexity index is 542. The molecular formula is C16H21ClN2O3. The van der Waals surface area contributed by atoms with Gasteiger partial charge in [0, 0.05) is 19.0 Å². The number of benzene rings is 1. The molecule has 0 aliphatic carbocycles. The summed E-state index contributed by atoms with van der Waals surface area (Å²) in [4.78, 5) is 25.3. The molecule has 1 aromatic rings. The standard InChI is InChI=1S/C16H21ClN2O3/c1-22-15-10-14(13(17)9-12(15)11-20)18-16(21)5-8-19-6-3-2-4-7-19/h9-11H,2-8H2,1H3,(H,18,21). The third-order valence-electron chi connectivity index (χ3n) is 3.82. The second-order valence-corrected chi connectivity index (χ2v) is 5.80. The van der Waals surface area contributed by atoms with Crippen molar-refractivity contribution in [2.45, 2.75) is 25.7 Å². The Hall–Kier alpha value is -1.59. The van der Waals surface area contributed by atoms with Gasteiger partial charge in [0.25, 0.3) is 0 Å². The third kappa shape index (κ3) is 4.45. The number of halogens is 1. The van der Waals surface area contributed by atoms with Gasteiger partial charge in [-0.3, -0.25) is 9.59 Å². The summed E-state index contributed by atoms with van der Waals surface area (Å²) in [6.07, 6.45) is 4.79. The van der Waals surface area contributed by atoms with Crippen molar-refractivity contribution in [3.63, 3.8) is 0 Å². The van der Waals surface area contributed by atoms with Crippen molar-refractivity contribution in [1.82, 2.24) is 4.90 Å². The minimum Gasteiger partial charge on any atom is -0.496 e. The monoisotopic (exact) mass is 324 g/mol. The number of carbonyl (C=O) groups is 2. The minimum absolute atomic E-state index is 0.0895. The number of piperidine rings is 1. The van der Waals surface area contributed by atoms with Gasteiger partial charge in [-0.2, -0.15) is 0 Å². The van der Waals surface area contributed by atoms with Gasteiger partial charge in [-0.1, -0.05) is 18.0 Å². The summed E-state index contributed by atoms with van der Waals surface area (Å²) in [5.41, 5.74) is 0.826. The van der Waals surface area contributed by atoms with Crippen LogP contribution in [0.1, 0.15) is 36.0 Å². The van der Waals surface area contributed by atoms with Crippen LogP contribution in [0.5, 0.6) is 5.75 Å². The number of nitrogens with one attached hydrogen (secondary N) is 1. The number of rotatable bonds is 6. The maximum absolute atomic E-state index is 12.1. The number of nitrogens with zero attached hydrogens (tertiary/aromatic N) is 1. The normalized spacial score (nSPS) is 15.4. The number of carbonyl (C=O) groups excluding carboxylic acids is 2. The Balaban J connectivity index is 1.94. The lowest BCUT2D eigenvalue weighted by atomic mass is 10.1. The number of aldehydes is 1. The summed E-state index contributed by atoms with van der Waals surface area (Å²) in [6, 6.07) is 3.07. The van der Waals surface area contributed by atoms with Crippen LogP contribution in [-0.4, -0.2) is 43.8 Å². The molecule has 120 valence electrons. The van der Waals surface area contributed by atoms with Crippen molar-refractivity contribution in [2.24, 2.45) is 0 Å². The van der Waals surface area contributed by atoms with Crippen LogP contribution in [0.3, 0.4) is 0 Å². The number of amides is 1. The molecule has 1 amide bonds. The molecule has 1 aromatic carbocycles. The van der Waals surface area contributed by atoms with E-state index in [9.17, 15) is 9.59 Å². The quantitative estimate of drug-likeness (QED) is 0.817. The van der Waals surface area contributed by atoms with Crippen LogP contribution < -0.4 is 10.1 Å². The molecule has 2 rings (SSSR count). The average Bonchev–Trinajstić information content (AvgIpc) is 2.55. The molecule has 1 heterocycles. The first kappa shape index (κ1) is 16.8. The van der Waals surface area contributed by atoms with E-state index in [0.717, 1.165) is 19.6 Å². The molecule has 1 saturated heterocycles. The maximum atomic E-state index is 12.1. The largest absolute Gasteiger partial charge is 0.496 e. The first-order valence-electron chi connectivity index (χ1n) is 7.49. The van der Waals surface area contributed by atoms with E-state index >= 15 is 0 Å². The number of hydrogen-bond acceptors (Lipinski definition) is 4. The zero-order valence-corrected chi connectivity index (χ0v) is 13.5. The van der Waals surface area contributed by atoms with E-state index in [1.165, 1.54) is 32.4 Å². The van der Waals surface area contributed by atoms with E-state index < -0.39 is 0 Å². The maximum Gasteiger partial charge on any atom is 0.225 e. The summed E-state index contributed by atoms with van der Waals surface area (Å²) in [7, 11) is 1.47. The molecule has 0 atom stereocenters. The van der Waals surface area contributed by atoms with Gasteiger partial charge in [-0.15, -0.1) is 0 Å². The fraction of sp³-hybridized carbons (Fsp3) is 0.500. The third-order valence-corrected chi connectivity index (χ3v) is 4.14. The van der Waals surface area contributed by atoms with Gasteiger partial charge < -0.3 is 15.0 Å². The van der Waals surface area contributed by atoms with Crippen molar-refractivity contribution < 1.29 is 14.3 Å². The predicted octanol–water partition coefficient (Wildman–Crippen LogP) is 2.98. The highest BCUT2D eigenvalue weighted by Gasteiger charge is 2.14. The molecule has 0 unspecified atom stereocenters. The number of hydrogen-bond donors (Lipinski definition) is 1. The summed E-state index contributed by atoms with van der Waals surface area (Å²) >= 11 is 6.09. The van der Waals surface area contributed by atoms with Crippen molar-refractivity contribution in [2.75, 3.05) is 32.1 Å². The van der Waals surface area contributed by atoms with Crippen molar-refractivity contribution >= 4 is 29.5 Å². The zero-order valence-electron chi connectivity index (χ0n) is 12.7. The summed E-state index contributed by atoms with van der Waals surface area (Å²) in [6.45, 7) is 2.89. The predicted molar refractivity (Wildman–Crippen MR) is 86.9 cm³/mol. The molecule has 1 N–H and O–H groups in total. The Kier molecular flexibility index (Phi) is 6.21. The van der Waals surface area contributed by atoms with E-state index in [4.69, 9.17) is 16.3 Å². The molecule has 5 nitrogen and oxygen atoms in total. The topological polar surface area (TPSA) is 58.6 Å². The number of methoxy groups -OCH3 is 1. The van der Waals surface area contributed by atoms with Crippen LogP contribution >= 0.6 is 11.6 Å². The van der Waals surface area contributed by atoms with Gasteiger partial charge in [-0.25, -0.2) is 0 Å². The Morgan fingerprint density at radius 1 is 1.36 bits per heavy atom. The molecule has 0 spiro atoms. The van der Waals surface area contributed by atoms with Crippen LogP contribution in [0.25, 0.3) is 0 Å². The van der Waals surface area contributed by atoms with Gasteiger partial charge in [-0.05, 0) is 32.0 Å². The van der Waals surface area contributed by atoms with Gasteiger partial charge in [0.05, 0.1) is 23.4 Å². The molecule has 0 aromatic heterocycles. The summed E-state index contributed by atoms with van der Waals surface area (Å²) < 4.78 is 5.12. The highest BCUT2D eigenvalue weighted by molar-refractivity contribution is 6.34. The smallest absolute Gasteiger partial charge is 0.225 e. The molecule has 1 aliphatic heterocycles. The van der Waals surface area contributed by atoms with Crippen LogP contribution in [0.15, 0.2) is 12.1 Å². The molecule has 22 heavy (non-hydrogen) atoms. The second kappa shape index (κ2) is 8.15. The Morgan fingerprint density at radius 3 is 2.73 bits per heavy atom. The van der Waals surface area contributed by atoms with Gasteiger partial charge >= 0.3 is 0 Å². The fourth-order valence-electron chi connectivity index (χ4n) is 2.59. The van der Waals surface area contributed by atoms with E-state index in [2.05, 4.69) is 10.2 Å². The number of ether oxygens (including phenoxy) is 1. The first-order chi connectivity index (χ1) is 10.6. The van der Waals surface area contributed by atoms with E-state index in [0.29, 0.717) is 34.7 Å². The van der Waals surface area contributed by atoms with E-state index in [-0.39, 0.29) is 5.91 Å². The van der Waals surface area contributed by atoms with Gasteiger partial charge in [0.15, 0.2) is 6.29 Å². The lowest BCUT2D eigenvalue weighted by molar-refractivity contribution is -0.116. The van der Waals surface area contributed by atoms with Gasteiger partial charge in [0.2, 0.25) is 5.91 Å². The van der Waals surface area contributed by atoms with E-state index in [1.54, 1.807) is 6.07 Å². The lowest BCUT2D eigenvalue weighted by Crippen LogP contribution is -2.32. The molecule has 0 saturated carbocycles. The molecule has 6 heteroatoms. The van der Waals surface area contributed by atoms with Gasteiger partial charge in [0.1, 0.15) is 5.75 Å². The molecule has 0 bridgehead atoms.